The summed E-state index contributed by atoms with van der Waals surface area (Å²) in [5.74, 6) is 2.12. The maximum atomic E-state index is 6.03. The van der Waals surface area contributed by atoms with Gasteiger partial charge in [0.1, 0.15) is 16.7 Å². The van der Waals surface area contributed by atoms with Crippen molar-refractivity contribution < 1.29 is 4.74 Å². The second kappa shape index (κ2) is 6.02. The fourth-order valence-corrected chi connectivity index (χ4v) is 2.05. The summed E-state index contributed by atoms with van der Waals surface area (Å²) in [5.41, 5.74) is 1.29. The van der Waals surface area contributed by atoms with Gasteiger partial charge in [0.2, 0.25) is 5.88 Å². The van der Waals surface area contributed by atoms with E-state index in [0.717, 1.165) is 5.75 Å². The topological polar surface area (TPSA) is 35.0 Å². The van der Waals surface area contributed by atoms with Crippen LogP contribution in [0.25, 0.3) is 0 Å². The normalized spacial score (nSPS) is 11.8. The Kier molecular flexibility index (Phi) is 4.52. The van der Waals surface area contributed by atoms with Crippen molar-refractivity contribution in [1.82, 2.24) is 9.97 Å². The number of nitrogens with zero attached hydrogens (tertiary/aromatic N) is 2. The second-order valence-corrected chi connectivity index (χ2v) is 6.81. The Morgan fingerprint density at radius 2 is 1.81 bits per heavy atom. The Labute approximate surface area is 131 Å². The monoisotopic (exact) mass is 304 g/mol. The zero-order valence-corrected chi connectivity index (χ0v) is 13.9. The van der Waals surface area contributed by atoms with Crippen LogP contribution in [-0.4, -0.2) is 9.97 Å². The van der Waals surface area contributed by atoms with Crippen molar-refractivity contribution in [2.45, 2.75) is 46.0 Å². The van der Waals surface area contributed by atoms with Gasteiger partial charge in [0.25, 0.3) is 0 Å². The molecule has 3 nitrogen and oxygen atoms in total. The summed E-state index contributed by atoms with van der Waals surface area (Å²) >= 11 is 6.03. The molecule has 2 aromatic rings. The first kappa shape index (κ1) is 15.8. The van der Waals surface area contributed by atoms with E-state index < -0.39 is 0 Å². The molecule has 0 radical (unpaired) electrons. The summed E-state index contributed by atoms with van der Waals surface area (Å²) in [6, 6.07) is 9.67. The predicted octanol–water partition coefficient (Wildman–Crippen LogP) is 5.34. The van der Waals surface area contributed by atoms with Crippen LogP contribution in [0.15, 0.2) is 30.3 Å². The van der Waals surface area contributed by atoms with E-state index in [2.05, 4.69) is 36.8 Å². The summed E-state index contributed by atoms with van der Waals surface area (Å²) in [7, 11) is 0. The Balaban J connectivity index is 2.30. The Hall–Kier alpha value is -1.61. The quantitative estimate of drug-likeness (QED) is 0.718. The lowest BCUT2D eigenvalue weighted by Crippen LogP contribution is -2.10. The first-order chi connectivity index (χ1) is 9.75. The number of aromatic nitrogens is 2. The Bertz CT molecular complexity index is 633. The van der Waals surface area contributed by atoms with E-state index in [1.54, 1.807) is 6.07 Å². The van der Waals surface area contributed by atoms with Gasteiger partial charge in [-0.1, -0.05) is 58.4 Å². The van der Waals surface area contributed by atoms with Crippen LogP contribution in [0.1, 0.15) is 51.9 Å². The average Bonchev–Trinajstić information content (AvgIpc) is 2.37. The molecule has 0 saturated carbocycles. The summed E-state index contributed by atoms with van der Waals surface area (Å²) in [6.45, 7) is 10.6. The van der Waals surface area contributed by atoms with E-state index >= 15 is 0 Å². The number of hydrogen-bond donors (Lipinski definition) is 0. The van der Waals surface area contributed by atoms with Crippen molar-refractivity contribution in [2.24, 2.45) is 0 Å². The number of ether oxygens (including phenoxy) is 1. The minimum Gasteiger partial charge on any atom is -0.439 e. The molecule has 0 fully saturated rings. The van der Waals surface area contributed by atoms with Crippen LogP contribution in [0.5, 0.6) is 11.6 Å². The SMILES string of the molecule is CC(C)c1nc(Cl)cc(Oc2cccc(C(C)(C)C)c2)n1. The van der Waals surface area contributed by atoms with Crippen molar-refractivity contribution in [2.75, 3.05) is 0 Å². The molecular formula is C17H21ClN2O. The molecule has 21 heavy (non-hydrogen) atoms. The molecule has 0 unspecified atom stereocenters. The first-order valence-corrected chi connectivity index (χ1v) is 7.46. The molecule has 112 valence electrons. The van der Waals surface area contributed by atoms with Crippen LogP contribution in [0.2, 0.25) is 5.15 Å². The van der Waals surface area contributed by atoms with Crippen LogP contribution < -0.4 is 4.74 Å². The molecule has 0 amide bonds. The van der Waals surface area contributed by atoms with Crippen molar-refractivity contribution in [3.05, 3.63) is 46.9 Å². The lowest BCUT2D eigenvalue weighted by Gasteiger charge is -2.19. The molecule has 0 N–H and O–H groups in total. The van der Waals surface area contributed by atoms with Crippen LogP contribution >= 0.6 is 11.6 Å². The summed E-state index contributed by atoms with van der Waals surface area (Å²) in [6.07, 6.45) is 0. The summed E-state index contributed by atoms with van der Waals surface area (Å²) in [5, 5.41) is 0.399. The van der Waals surface area contributed by atoms with Crippen LogP contribution in [0.4, 0.5) is 0 Å². The minimum absolute atomic E-state index is 0.0752. The maximum absolute atomic E-state index is 6.03. The molecule has 1 aromatic carbocycles. The highest BCUT2D eigenvalue weighted by molar-refractivity contribution is 6.29. The molecule has 0 spiro atoms. The molecule has 2 rings (SSSR count). The van der Waals surface area contributed by atoms with Gasteiger partial charge < -0.3 is 4.74 Å². The number of benzene rings is 1. The number of halogens is 1. The summed E-state index contributed by atoms with van der Waals surface area (Å²) in [4.78, 5) is 8.61. The van der Waals surface area contributed by atoms with Crippen LogP contribution in [-0.2, 0) is 5.41 Å². The molecule has 0 saturated heterocycles. The highest BCUT2D eigenvalue weighted by atomic mass is 35.5. The van der Waals surface area contributed by atoms with E-state index in [9.17, 15) is 0 Å². The van der Waals surface area contributed by atoms with Gasteiger partial charge in [-0.05, 0) is 23.1 Å². The van der Waals surface area contributed by atoms with Gasteiger partial charge >= 0.3 is 0 Å². The van der Waals surface area contributed by atoms with Crippen molar-refractivity contribution in [3.63, 3.8) is 0 Å². The molecule has 1 heterocycles. The van der Waals surface area contributed by atoms with Crippen molar-refractivity contribution in [1.29, 1.82) is 0 Å². The van der Waals surface area contributed by atoms with E-state index in [4.69, 9.17) is 16.3 Å². The van der Waals surface area contributed by atoms with Gasteiger partial charge in [0, 0.05) is 12.0 Å². The zero-order chi connectivity index (χ0) is 15.6. The van der Waals surface area contributed by atoms with Gasteiger partial charge in [0.05, 0.1) is 0 Å². The second-order valence-electron chi connectivity index (χ2n) is 6.42. The molecular weight excluding hydrogens is 284 g/mol. The average molecular weight is 305 g/mol. The van der Waals surface area contributed by atoms with E-state index in [0.29, 0.717) is 16.9 Å². The number of rotatable bonds is 3. The van der Waals surface area contributed by atoms with Gasteiger partial charge in [-0.3, -0.25) is 0 Å². The zero-order valence-electron chi connectivity index (χ0n) is 13.1. The third-order valence-electron chi connectivity index (χ3n) is 3.13. The lowest BCUT2D eigenvalue weighted by atomic mass is 9.87. The fourth-order valence-electron chi connectivity index (χ4n) is 1.87. The largest absolute Gasteiger partial charge is 0.439 e. The molecule has 0 aliphatic heterocycles. The van der Waals surface area contributed by atoms with Crippen molar-refractivity contribution in [3.8, 4) is 11.6 Å². The molecule has 0 bridgehead atoms. The van der Waals surface area contributed by atoms with Gasteiger partial charge in [-0.2, -0.15) is 4.98 Å². The highest BCUT2D eigenvalue weighted by Gasteiger charge is 2.15. The van der Waals surface area contributed by atoms with Gasteiger partial charge in [-0.15, -0.1) is 0 Å². The van der Waals surface area contributed by atoms with Crippen molar-refractivity contribution >= 4 is 11.6 Å². The van der Waals surface area contributed by atoms with E-state index in [-0.39, 0.29) is 11.3 Å². The third-order valence-corrected chi connectivity index (χ3v) is 3.32. The summed E-state index contributed by atoms with van der Waals surface area (Å²) < 4.78 is 5.85. The highest BCUT2D eigenvalue weighted by Crippen LogP contribution is 2.28. The third kappa shape index (κ3) is 4.18. The van der Waals surface area contributed by atoms with E-state index in [1.807, 2.05) is 32.0 Å². The Morgan fingerprint density at radius 3 is 2.43 bits per heavy atom. The predicted molar refractivity (Wildman–Crippen MR) is 86.3 cm³/mol. The maximum Gasteiger partial charge on any atom is 0.224 e. The van der Waals surface area contributed by atoms with Gasteiger partial charge in [0.15, 0.2) is 0 Å². The molecule has 1 aromatic heterocycles. The molecule has 4 heteroatoms. The minimum atomic E-state index is 0.0752. The standard InChI is InChI=1S/C17H21ClN2O/c1-11(2)16-19-14(18)10-15(20-16)21-13-8-6-7-12(9-13)17(3,4)5/h6-11H,1-5H3. The van der Waals surface area contributed by atoms with Crippen LogP contribution in [0.3, 0.4) is 0 Å². The first-order valence-electron chi connectivity index (χ1n) is 7.08. The Morgan fingerprint density at radius 1 is 1.10 bits per heavy atom. The lowest BCUT2D eigenvalue weighted by molar-refractivity contribution is 0.454. The van der Waals surface area contributed by atoms with Gasteiger partial charge in [-0.25, -0.2) is 4.98 Å². The molecule has 0 aliphatic carbocycles. The molecule has 0 atom stereocenters. The van der Waals surface area contributed by atoms with Crippen LogP contribution in [0, 0.1) is 0 Å². The fraction of sp³-hybridized carbons (Fsp3) is 0.412. The number of hydrogen-bond acceptors (Lipinski definition) is 3. The molecule has 0 aliphatic rings. The smallest absolute Gasteiger partial charge is 0.224 e. The van der Waals surface area contributed by atoms with E-state index in [1.165, 1.54) is 5.56 Å².